The summed E-state index contributed by atoms with van der Waals surface area (Å²) in [7, 11) is 0. The molecule has 0 amide bonds. The molecule has 1 saturated heterocycles. The summed E-state index contributed by atoms with van der Waals surface area (Å²) in [6.45, 7) is 3.57. The number of rotatable bonds is 5. The number of morpholine rings is 1. The third-order valence-corrected chi connectivity index (χ3v) is 4.49. The largest absolute Gasteiger partial charge is 0.390 e. The van der Waals surface area contributed by atoms with Gasteiger partial charge in [0.05, 0.1) is 37.7 Å². The first-order valence-electron chi connectivity index (χ1n) is 8.70. The van der Waals surface area contributed by atoms with Gasteiger partial charge in [-0.2, -0.15) is 10.2 Å². The Balaban J connectivity index is 1.54. The van der Waals surface area contributed by atoms with Gasteiger partial charge in [0.25, 0.3) is 5.56 Å². The number of aliphatic hydroxyl groups excluding tert-OH is 1. The van der Waals surface area contributed by atoms with Crippen LogP contribution in [0.4, 0.5) is 0 Å². The van der Waals surface area contributed by atoms with Crippen LogP contribution in [0.3, 0.4) is 0 Å². The lowest BCUT2D eigenvalue weighted by Crippen LogP contribution is -2.43. The second kappa shape index (κ2) is 7.36. The Morgan fingerprint density at radius 1 is 1.15 bits per heavy atom. The molecular weight excluding hydrogens is 334 g/mol. The smallest absolute Gasteiger partial charge is 0.295 e. The summed E-state index contributed by atoms with van der Waals surface area (Å²) in [5, 5.41) is 19.6. The number of β-amino-alcohol motifs (C(OH)–C–C–N with tert-alkyl or cyclic N) is 1. The maximum Gasteiger partial charge on any atom is 0.295 e. The summed E-state index contributed by atoms with van der Waals surface area (Å²) in [6.07, 6.45) is 2.73. The highest BCUT2D eigenvalue weighted by molar-refractivity contribution is 5.76. The fraction of sp³-hybridized carbons (Fsp3) is 0.389. The number of hydrogen-bond donors (Lipinski definition) is 1. The van der Waals surface area contributed by atoms with Crippen molar-refractivity contribution in [3.63, 3.8) is 0 Å². The van der Waals surface area contributed by atoms with Crippen LogP contribution < -0.4 is 5.56 Å². The van der Waals surface area contributed by atoms with Crippen LogP contribution in [0.15, 0.2) is 47.5 Å². The van der Waals surface area contributed by atoms with Gasteiger partial charge in [0.2, 0.25) is 0 Å². The zero-order valence-corrected chi connectivity index (χ0v) is 14.4. The Kier molecular flexibility index (Phi) is 4.79. The van der Waals surface area contributed by atoms with E-state index in [1.165, 1.54) is 4.68 Å². The lowest BCUT2D eigenvalue weighted by atomic mass is 10.3. The van der Waals surface area contributed by atoms with Crippen molar-refractivity contribution in [2.24, 2.45) is 0 Å². The minimum atomic E-state index is -0.674. The van der Waals surface area contributed by atoms with E-state index in [1.807, 2.05) is 30.3 Å². The second-order valence-corrected chi connectivity index (χ2v) is 6.41. The Labute approximate surface area is 150 Å². The van der Waals surface area contributed by atoms with Gasteiger partial charge < -0.3 is 9.84 Å². The molecule has 4 rings (SSSR count). The summed E-state index contributed by atoms with van der Waals surface area (Å²) in [5.74, 6) is 0. The first-order chi connectivity index (χ1) is 12.7. The number of ether oxygens (including phenoxy) is 1. The average molecular weight is 355 g/mol. The molecule has 1 unspecified atom stereocenters. The Hall–Kier alpha value is -2.55. The lowest BCUT2D eigenvalue weighted by Gasteiger charge is -2.28. The molecule has 3 heterocycles. The third kappa shape index (κ3) is 3.52. The third-order valence-electron chi connectivity index (χ3n) is 4.49. The highest BCUT2D eigenvalue weighted by Gasteiger charge is 2.17. The molecule has 1 N–H and O–H groups in total. The lowest BCUT2D eigenvalue weighted by molar-refractivity contribution is 0.0106. The quantitative estimate of drug-likeness (QED) is 0.707. The molecule has 2 aromatic heterocycles. The van der Waals surface area contributed by atoms with Crippen LogP contribution >= 0.6 is 0 Å². The maximum atomic E-state index is 12.7. The second-order valence-electron chi connectivity index (χ2n) is 6.41. The number of hydrogen-bond acceptors (Lipinski definition) is 6. The van der Waals surface area contributed by atoms with Crippen molar-refractivity contribution >= 4 is 10.9 Å². The summed E-state index contributed by atoms with van der Waals surface area (Å²) in [6, 6.07) is 9.60. The summed E-state index contributed by atoms with van der Waals surface area (Å²) >= 11 is 0. The van der Waals surface area contributed by atoms with Crippen LogP contribution in [-0.4, -0.2) is 68.5 Å². The van der Waals surface area contributed by atoms with Crippen LogP contribution in [0.1, 0.15) is 0 Å². The fourth-order valence-electron chi connectivity index (χ4n) is 3.14. The molecule has 8 heteroatoms. The van der Waals surface area contributed by atoms with Crippen molar-refractivity contribution in [1.29, 1.82) is 0 Å². The number of aliphatic hydroxyl groups is 1. The monoisotopic (exact) mass is 355 g/mol. The number of fused-ring (bicyclic) bond motifs is 1. The molecule has 1 aliphatic heterocycles. The maximum absolute atomic E-state index is 12.7. The number of aromatic nitrogens is 4. The molecule has 1 atom stereocenters. The SMILES string of the molecule is O=c1c2nn(-c3ccccc3)cc2cnn1CC(O)CN1CCOCC1. The van der Waals surface area contributed by atoms with Crippen LogP contribution in [0, 0.1) is 0 Å². The molecule has 26 heavy (non-hydrogen) atoms. The van der Waals surface area contributed by atoms with Gasteiger partial charge in [-0.05, 0) is 12.1 Å². The van der Waals surface area contributed by atoms with E-state index >= 15 is 0 Å². The summed E-state index contributed by atoms with van der Waals surface area (Å²) in [5.41, 5.74) is 0.933. The van der Waals surface area contributed by atoms with E-state index < -0.39 is 6.10 Å². The molecule has 3 aromatic rings. The van der Waals surface area contributed by atoms with Crippen molar-refractivity contribution in [3.8, 4) is 5.69 Å². The van der Waals surface area contributed by atoms with Crippen molar-refractivity contribution in [2.75, 3.05) is 32.8 Å². The summed E-state index contributed by atoms with van der Waals surface area (Å²) < 4.78 is 8.26. The summed E-state index contributed by atoms with van der Waals surface area (Å²) in [4.78, 5) is 14.8. The highest BCUT2D eigenvalue weighted by atomic mass is 16.5. The molecule has 0 aliphatic carbocycles. The minimum absolute atomic E-state index is 0.143. The van der Waals surface area contributed by atoms with E-state index in [9.17, 15) is 9.90 Å². The topological polar surface area (TPSA) is 85.4 Å². The fourth-order valence-corrected chi connectivity index (χ4v) is 3.14. The van der Waals surface area contributed by atoms with Crippen LogP contribution in [0.2, 0.25) is 0 Å². The Bertz CT molecular complexity index is 931. The minimum Gasteiger partial charge on any atom is -0.390 e. The van der Waals surface area contributed by atoms with Gasteiger partial charge in [-0.25, -0.2) is 9.36 Å². The van der Waals surface area contributed by atoms with Gasteiger partial charge in [0.1, 0.15) is 0 Å². The van der Waals surface area contributed by atoms with Gasteiger partial charge in [-0.1, -0.05) is 18.2 Å². The van der Waals surface area contributed by atoms with Crippen LogP contribution in [0.5, 0.6) is 0 Å². The van der Waals surface area contributed by atoms with Gasteiger partial charge in [0.15, 0.2) is 5.52 Å². The van der Waals surface area contributed by atoms with Gasteiger partial charge >= 0.3 is 0 Å². The normalized spacial score (nSPS) is 16.8. The molecule has 136 valence electrons. The molecule has 8 nitrogen and oxygen atoms in total. The first-order valence-corrected chi connectivity index (χ1v) is 8.70. The number of benzene rings is 1. The predicted octanol–water partition coefficient (Wildman–Crippen LogP) is 0.275. The van der Waals surface area contributed by atoms with E-state index in [0.717, 1.165) is 18.8 Å². The van der Waals surface area contributed by atoms with Crippen molar-refractivity contribution in [1.82, 2.24) is 24.5 Å². The van der Waals surface area contributed by atoms with Gasteiger partial charge in [-0.15, -0.1) is 0 Å². The molecule has 0 spiro atoms. The zero-order valence-electron chi connectivity index (χ0n) is 14.4. The molecule has 0 saturated carbocycles. The standard InChI is InChI=1S/C18H21N5O3/c24-16(12-21-6-8-26-9-7-21)13-23-18(25)17-14(10-19-23)11-22(20-17)15-4-2-1-3-5-15/h1-5,10-11,16,24H,6-9,12-13H2. The zero-order chi connectivity index (χ0) is 17.9. The molecule has 0 bridgehead atoms. The van der Waals surface area contributed by atoms with Crippen molar-refractivity contribution in [2.45, 2.75) is 12.6 Å². The Morgan fingerprint density at radius 3 is 2.69 bits per heavy atom. The van der Waals surface area contributed by atoms with E-state index in [0.29, 0.717) is 30.7 Å². The van der Waals surface area contributed by atoms with Gasteiger partial charge in [0, 0.05) is 31.2 Å². The van der Waals surface area contributed by atoms with Crippen molar-refractivity contribution < 1.29 is 9.84 Å². The molecule has 1 fully saturated rings. The van der Waals surface area contributed by atoms with E-state index in [4.69, 9.17) is 4.74 Å². The van der Waals surface area contributed by atoms with E-state index in [2.05, 4.69) is 15.1 Å². The number of nitrogens with zero attached hydrogens (tertiary/aromatic N) is 5. The first kappa shape index (κ1) is 16.9. The molecular formula is C18H21N5O3. The van der Waals surface area contributed by atoms with E-state index in [-0.39, 0.29) is 12.1 Å². The van der Waals surface area contributed by atoms with Crippen LogP contribution in [-0.2, 0) is 11.3 Å². The van der Waals surface area contributed by atoms with Crippen molar-refractivity contribution in [3.05, 3.63) is 53.1 Å². The van der Waals surface area contributed by atoms with E-state index in [1.54, 1.807) is 17.1 Å². The molecule has 1 aromatic carbocycles. The number of para-hydroxylation sites is 1. The van der Waals surface area contributed by atoms with Gasteiger partial charge in [-0.3, -0.25) is 9.69 Å². The molecule has 1 aliphatic rings. The van der Waals surface area contributed by atoms with Crippen LogP contribution in [0.25, 0.3) is 16.6 Å². The average Bonchev–Trinajstić information content (AvgIpc) is 3.11. The predicted molar refractivity (Wildman–Crippen MR) is 96.4 cm³/mol. The Morgan fingerprint density at radius 2 is 1.92 bits per heavy atom. The molecule has 0 radical (unpaired) electrons. The highest BCUT2D eigenvalue weighted by Crippen LogP contribution is 2.12.